The van der Waals surface area contributed by atoms with Crippen molar-refractivity contribution < 1.29 is 33.4 Å². The Morgan fingerprint density at radius 2 is 1.81 bits per heavy atom. The van der Waals surface area contributed by atoms with Crippen molar-refractivity contribution in [3.63, 3.8) is 0 Å². The molecule has 2 fully saturated rings. The third kappa shape index (κ3) is 11.1. The van der Waals surface area contributed by atoms with Gasteiger partial charge in [-0.2, -0.15) is 0 Å². The summed E-state index contributed by atoms with van der Waals surface area (Å²) in [6.07, 6.45) is 3.15. The molecule has 4 atom stereocenters. The summed E-state index contributed by atoms with van der Waals surface area (Å²) in [5, 5.41) is 5.64. The number of amides is 3. The first-order valence-electron chi connectivity index (χ1n) is 23.8. The highest BCUT2D eigenvalue weighted by atomic mass is 16.5. The number of hydrogen-bond acceptors (Lipinski definition) is 11. The molecule has 7 rings (SSSR count). The fraction of sp³-hybridized carbons (Fsp3) is 0.528. The van der Waals surface area contributed by atoms with E-state index < -0.39 is 35.0 Å². The van der Waals surface area contributed by atoms with Crippen LogP contribution in [-0.4, -0.2) is 151 Å². The van der Waals surface area contributed by atoms with E-state index in [0.29, 0.717) is 45.4 Å². The summed E-state index contributed by atoms with van der Waals surface area (Å²) >= 11 is 0. The van der Waals surface area contributed by atoms with Crippen molar-refractivity contribution in [2.45, 2.75) is 110 Å². The number of pyridine rings is 1. The number of hydrazine groups is 1. The lowest BCUT2D eigenvalue weighted by atomic mass is 9.84. The minimum absolute atomic E-state index is 0.0485. The van der Waals surface area contributed by atoms with Crippen LogP contribution in [0.15, 0.2) is 60.8 Å². The maximum Gasteiger partial charge on any atom is 0.324 e. The number of hydrogen-bond donors (Lipinski definition) is 2. The summed E-state index contributed by atoms with van der Waals surface area (Å²) in [6.45, 7) is 14.3. The topological polar surface area (TPSA) is 151 Å². The highest BCUT2D eigenvalue weighted by Crippen LogP contribution is 2.42. The average molecular weight is 931 g/mol. The third-order valence-corrected chi connectivity index (χ3v) is 13.8. The zero-order chi connectivity index (χ0) is 49.1. The van der Waals surface area contributed by atoms with Gasteiger partial charge in [0.25, 0.3) is 11.8 Å². The van der Waals surface area contributed by atoms with Crippen LogP contribution in [0.2, 0.25) is 0 Å². The Morgan fingerprint density at radius 1 is 1.06 bits per heavy atom. The summed E-state index contributed by atoms with van der Waals surface area (Å²) in [6, 6.07) is 16.3. The molecule has 2 aromatic carbocycles. The molecule has 0 spiro atoms. The molecule has 2 N–H and O–H groups in total. The predicted octanol–water partition coefficient (Wildman–Crippen LogP) is 5.25. The lowest BCUT2D eigenvalue weighted by Crippen LogP contribution is -2.62. The predicted molar refractivity (Wildman–Crippen MR) is 263 cm³/mol. The van der Waals surface area contributed by atoms with Crippen molar-refractivity contribution in [1.82, 2.24) is 40.0 Å². The molecule has 364 valence electrons. The number of rotatable bonds is 11. The molecule has 0 radical (unpaired) electrons. The van der Waals surface area contributed by atoms with Crippen LogP contribution in [0, 0.1) is 17.3 Å². The van der Waals surface area contributed by atoms with Gasteiger partial charge in [0.15, 0.2) is 0 Å². The Hall–Kier alpha value is -5.63. The van der Waals surface area contributed by atoms with Gasteiger partial charge in [-0.05, 0) is 128 Å². The van der Waals surface area contributed by atoms with E-state index in [2.05, 4.69) is 84.3 Å². The number of likely N-dealkylation sites (N-methyl/N-ethyl adjacent to an activating group) is 1. The zero-order valence-electron chi connectivity index (χ0n) is 41.8. The van der Waals surface area contributed by atoms with Crippen molar-refractivity contribution in [2.75, 3.05) is 68.1 Å². The summed E-state index contributed by atoms with van der Waals surface area (Å²) in [5.74, 6) is 4.38. The van der Waals surface area contributed by atoms with E-state index >= 15 is 0 Å². The van der Waals surface area contributed by atoms with Crippen LogP contribution in [0.4, 0.5) is 0 Å². The Balaban J connectivity index is 1.20. The lowest BCUT2D eigenvalue weighted by Gasteiger charge is -2.39. The first-order valence-corrected chi connectivity index (χ1v) is 23.8. The molecule has 3 aliphatic heterocycles. The Labute approximate surface area is 401 Å². The van der Waals surface area contributed by atoms with Crippen LogP contribution < -0.4 is 10.7 Å². The monoisotopic (exact) mass is 931 g/mol. The molecule has 15 heteroatoms. The van der Waals surface area contributed by atoms with Gasteiger partial charge in [0.2, 0.25) is 5.91 Å². The third-order valence-electron chi connectivity index (χ3n) is 13.8. The molecule has 6 bridgehead atoms. The number of cyclic esters (lactones) is 1. The van der Waals surface area contributed by atoms with Crippen molar-refractivity contribution in [3.8, 4) is 34.2 Å². The van der Waals surface area contributed by atoms with E-state index in [0.717, 1.165) is 50.1 Å². The minimum atomic E-state index is -0.986. The number of carbonyl (C=O) groups excluding carboxylic acids is 4. The van der Waals surface area contributed by atoms with Crippen LogP contribution in [0.5, 0.6) is 0 Å². The first-order chi connectivity index (χ1) is 32.3. The molecular formula is C53H70N8O7. The Kier molecular flexibility index (Phi) is 15.5. The van der Waals surface area contributed by atoms with E-state index in [1.54, 1.807) is 37.2 Å². The van der Waals surface area contributed by atoms with Crippen LogP contribution in [0.1, 0.15) is 77.3 Å². The first kappa shape index (κ1) is 50.3. The second-order valence-corrected chi connectivity index (χ2v) is 20.2. The minimum Gasteiger partial charge on any atom is -0.464 e. The van der Waals surface area contributed by atoms with Crippen molar-refractivity contribution in [3.05, 3.63) is 77.6 Å². The average Bonchev–Trinajstić information content (AvgIpc) is 3.60. The number of carbonyl (C=O) groups is 4. The zero-order valence-corrected chi connectivity index (χ0v) is 41.8. The smallest absolute Gasteiger partial charge is 0.324 e. The molecule has 0 aliphatic carbocycles. The largest absolute Gasteiger partial charge is 0.464 e. The van der Waals surface area contributed by atoms with Gasteiger partial charge < -0.3 is 29.0 Å². The van der Waals surface area contributed by atoms with Crippen molar-refractivity contribution in [2.24, 2.45) is 5.41 Å². The molecule has 0 unspecified atom stereocenters. The maximum absolute atomic E-state index is 14.6. The highest BCUT2D eigenvalue weighted by Gasteiger charge is 2.38. The molecule has 3 aliphatic rings. The molecule has 3 amide bonds. The molecule has 5 heterocycles. The fourth-order valence-corrected chi connectivity index (χ4v) is 9.05. The summed E-state index contributed by atoms with van der Waals surface area (Å²) in [5.41, 5.74) is 10.2. The number of aromatic nitrogens is 2. The number of fused-ring (bicyclic) bond motifs is 6. The van der Waals surface area contributed by atoms with Gasteiger partial charge >= 0.3 is 5.97 Å². The molecule has 2 saturated heterocycles. The fourth-order valence-electron chi connectivity index (χ4n) is 9.05. The van der Waals surface area contributed by atoms with Gasteiger partial charge in [-0.3, -0.25) is 39.0 Å². The number of ether oxygens (including phenoxy) is 3. The van der Waals surface area contributed by atoms with Crippen LogP contribution in [-0.2, 0) is 52.8 Å². The number of likely N-dealkylation sites (tertiary alicyclic amines) is 1. The van der Waals surface area contributed by atoms with E-state index in [4.69, 9.17) is 19.2 Å². The van der Waals surface area contributed by atoms with E-state index in [1.165, 1.54) is 5.01 Å². The SMILES string of the molecule is CCn1c(-c2cccnc2[C@H](C)OC)c2c3cc(ccc31)-c1cccc(c1)C[C@H](NC(=O)[C@@H](COC1CN(C(=O)C#CC(C)(C)N(C)C)C1)N(C)C)C(=O)N1CCC[C@H](N1)C(=O)OCC(C)(C)C2. The Morgan fingerprint density at radius 3 is 2.51 bits per heavy atom. The van der Waals surface area contributed by atoms with Crippen LogP contribution in [0.25, 0.3) is 33.3 Å². The summed E-state index contributed by atoms with van der Waals surface area (Å²) in [7, 11) is 9.12. The van der Waals surface area contributed by atoms with Gasteiger partial charge in [-0.15, -0.1) is 0 Å². The number of nitrogens with zero attached hydrogens (tertiary/aromatic N) is 6. The quantitative estimate of drug-likeness (QED) is 0.150. The molecule has 15 nitrogen and oxygen atoms in total. The molecule has 2 aromatic heterocycles. The number of benzene rings is 2. The summed E-state index contributed by atoms with van der Waals surface area (Å²) < 4.78 is 20.5. The molecule has 68 heavy (non-hydrogen) atoms. The normalized spacial score (nSPS) is 20.0. The van der Waals surface area contributed by atoms with Gasteiger partial charge in [0, 0.05) is 67.8 Å². The van der Waals surface area contributed by atoms with Gasteiger partial charge in [0.05, 0.1) is 42.3 Å². The highest BCUT2D eigenvalue weighted by molar-refractivity contribution is 5.96. The lowest BCUT2D eigenvalue weighted by molar-refractivity contribution is -0.155. The number of esters is 1. The van der Waals surface area contributed by atoms with Crippen molar-refractivity contribution >= 4 is 34.6 Å². The summed E-state index contributed by atoms with van der Waals surface area (Å²) in [4.78, 5) is 65.8. The van der Waals surface area contributed by atoms with E-state index in [1.807, 2.05) is 58.0 Å². The molecule has 4 aromatic rings. The van der Waals surface area contributed by atoms with Crippen molar-refractivity contribution in [1.29, 1.82) is 0 Å². The number of aryl methyl sites for hydroxylation is 1. The second-order valence-electron chi connectivity index (χ2n) is 20.2. The van der Waals surface area contributed by atoms with Crippen LogP contribution in [0.3, 0.4) is 0 Å². The van der Waals surface area contributed by atoms with Gasteiger partial charge in [-0.1, -0.05) is 50.1 Å². The number of methoxy groups -OCH3 is 1. The molecule has 0 saturated carbocycles. The Bertz CT molecular complexity index is 2570. The number of nitrogens with one attached hydrogen (secondary N) is 2. The molecular weight excluding hydrogens is 861 g/mol. The maximum atomic E-state index is 14.6. The van der Waals surface area contributed by atoms with Gasteiger partial charge in [-0.25, -0.2) is 5.43 Å². The second kappa shape index (κ2) is 20.9. The van der Waals surface area contributed by atoms with E-state index in [-0.39, 0.29) is 49.6 Å². The van der Waals surface area contributed by atoms with Gasteiger partial charge in [0.1, 0.15) is 18.1 Å². The standard InChI is InChI=1S/C53H70N8O7/c1-12-60-44-21-20-37-28-40(44)41(48(60)39-18-14-24-54-47(39)34(2)66-11)29-52(3,4)33-68-51(65)42-19-15-25-61(56-42)50(64)43(27-35-16-13-17-36(37)26-35)55-49(63)45(57(7)8)32-67-38-30-59(31-38)46(62)22-23-53(5,6)58(9)10/h13-14,16-18,20-21,24,26,28,34,38,42-43,45,56H,12,15,19,25,27,29-33H2,1-11H3,(H,55,63)/t34-,42-,43-,45+/m0/s1. The van der Waals surface area contributed by atoms with E-state index in [9.17, 15) is 19.2 Å². The van der Waals surface area contributed by atoms with Crippen LogP contribution >= 0.6 is 0 Å².